The van der Waals surface area contributed by atoms with Crippen molar-refractivity contribution in [2.24, 2.45) is 0 Å². The predicted octanol–water partition coefficient (Wildman–Crippen LogP) is 3.69. The molecule has 2 fully saturated rings. The average molecular weight is 325 g/mol. The molecule has 1 saturated carbocycles. The van der Waals surface area contributed by atoms with E-state index in [2.05, 4.69) is 15.0 Å². The quantitative estimate of drug-likeness (QED) is 0.863. The molecule has 1 aliphatic carbocycles. The maximum atomic E-state index is 12.4. The predicted molar refractivity (Wildman–Crippen MR) is 90.4 cm³/mol. The van der Waals surface area contributed by atoms with E-state index in [1.165, 1.54) is 24.8 Å². The Balaban J connectivity index is 1.48. The van der Waals surface area contributed by atoms with Crippen LogP contribution in [0.5, 0.6) is 0 Å². The molecule has 24 heavy (non-hydrogen) atoms. The second kappa shape index (κ2) is 6.38. The van der Waals surface area contributed by atoms with Crippen LogP contribution in [0.15, 0.2) is 28.8 Å². The van der Waals surface area contributed by atoms with Crippen molar-refractivity contribution in [3.8, 4) is 11.5 Å². The van der Waals surface area contributed by atoms with Crippen molar-refractivity contribution < 1.29 is 9.32 Å². The summed E-state index contributed by atoms with van der Waals surface area (Å²) in [5.74, 6) is 1.50. The van der Waals surface area contributed by atoms with E-state index in [1.807, 2.05) is 31.2 Å². The highest BCUT2D eigenvalue weighted by atomic mass is 16.5. The summed E-state index contributed by atoms with van der Waals surface area (Å²) in [7, 11) is 0. The molecule has 0 spiro atoms. The summed E-state index contributed by atoms with van der Waals surface area (Å²) in [6.45, 7) is 2.78. The molecular weight excluding hydrogens is 302 g/mol. The Kier molecular flexibility index (Phi) is 4.08. The van der Waals surface area contributed by atoms with Gasteiger partial charge >= 0.3 is 0 Å². The molecule has 0 radical (unpaired) electrons. The number of rotatable bonds is 3. The maximum absolute atomic E-state index is 12.4. The van der Waals surface area contributed by atoms with Crippen molar-refractivity contribution in [3.05, 3.63) is 35.7 Å². The van der Waals surface area contributed by atoms with Crippen molar-refractivity contribution in [1.82, 2.24) is 15.0 Å². The van der Waals surface area contributed by atoms with Crippen LogP contribution in [0.25, 0.3) is 11.5 Å². The summed E-state index contributed by atoms with van der Waals surface area (Å²) in [4.78, 5) is 19.0. The Morgan fingerprint density at radius 1 is 1.12 bits per heavy atom. The first-order valence-electron chi connectivity index (χ1n) is 8.91. The largest absolute Gasteiger partial charge is 0.339 e. The zero-order chi connectivity index (χ0) is 16.5. The highest BCUT2D eigenvalue weighted by Crippen LogP contribution is 2.33. The van der Waals surface area contributed by atoms with Gasteiger partial charge in [0.1, 0.15) is 0 Å². The summed E-state index contributed by atoms with van der Waals surface area (Å²) in [5.41, 5.74) is 2.12. The summed E-state index contributed by atoms with van der Waals surface area (Å²) < 4.78 is 5.43. The molecule has 0 unspecified atom stereocenters. The Hall–Kier alpha value is -2.17. The van der Waals surface area contributed by atoms with Crippen LogP contribution in [0.3, 0.4) is 0 Å². The number of carbonyl (C=O) groups excluding carboxylic acids is 1. The Labute approximate surface area is 142 Å². The first-order valence-corrected chi connectivity index (χ1v) is 8.91. The molecule has 2 aliphatic rings. The fourth-order valence-corrected chi connectivity index (χ4v) is 3.86. The van der Waals surface area contributed by atoms with Gasteiger partial charge in [-0.2, -0.15) is 4.98 Å². The number of hydrogen-bond donors (Lipinski definition) is 0. The van der Waals surface area contributed by atoms with E-state index >= 15 is 0 Å². The lowest BCUT2D eigenvalue weighted by molar-refractivity contribution is -0.130. The van der Waals surface area contributed by atoms with Crippen LogP contribution >= 0.6 is 0 Å². The standard InChI is InChI=1S/C19H23N3O2/c1-13-7-9-14(10-8-13)19-20-18(21-24-19)15-11-17(23)22(12-15)16-5-3-2-4-6-16/h7-10,15-16H,2-6,11-12H2,1H3/t15-/m1/s1. The number of aryl methyl sites for hydroxylation is 1. The molecule has 1 amide bonds. The van der Waals surface area contributed by atoms with Gasteiger partial charge in [0, 0.05) is 30.5 Å². The van der Waals surface area contributed by atoms with Crippen molar-refractivity contribution in [1.29, 1.82) is 0 Å². The number of likely N-dealkylation sites (tertiary alicyclic amines) is 1. The molecule has 1 atom stereocenters. The number of benzene rings is 1. The summed E-state index contributed by atoms with van der Waals surface area (Å²) >= 11 is 0. The number of hydrogen-bond acceptors (Lipinski definition) is 4. The molecule has 1 aromatic carbocycles. The maximum Gasteiger partial charge on any atom is 0.257 e. The molecule has 1 saturated heterocycles. The van der Waals surface area contributed by atoms with Gasteiger partial charge in [-0.25, -0.2) is 0 Å². The molecule has 1 aliphatic heterocycles. The number of amides is 1. The molecule has 2 heterocycles. The molecule has 0 N–H and O–H groups in total. The van der Waals surface area contributed by atoms with E-state index in [9.17, 15) is 4.79 Å². The highest BCUT2D eigenvalue weighted by Gasteiger charge is 2.37. The first-order chi connectivity index (χ1) is 11.7. The lowest BCUT2D eigenvalue weighted by Crippen LogP contribution is -2.37. The third kappa shape index (κ3) is 2.95. The second-order valence-electron chi connectivity index (χ2n) is 7.06. The van der Waals surface area contributed by atoms with Crippen LogP contribution in [0, 0.1) is 6.92 Å². The van der Waals surface area contributed by atoms with E-state index in [0.717, 1.165) is 24.9 Å². The summed E-state index contributed by atoms with van der Waals surface area (Å²) in [5, 5.41) is 4.15. The highest BCUT2D eigenvalue weighted by molar-refractivity contribution is 5.80. The van der Waals surface area contributed by atoms with Crippen molar-refractivity contribution in [2.45, 2.75) is 57.4 Å². The third-order valence-electron chi connectivity index (χ3n) is 5.28. The Morgan fingerprint density at radius 3 is 2.62 bits per heavy atom. The number of carbonyl (C=O) groups is 1. The van der Waals surface area contributed by atoms with Gasteiger partial charge in [0.25, 0.3) is 5.89 Å². The van der Waals surface area contributed by atoms with Crippen LogP contribution in [0.1, 0.15) is 55.8 Å². The van der Waals surface area contributed by atoms with Gasteiger partial charge < -0.3 is 9.42 Å². The van der Waals surface area contributed by atoms with Crippen molar-refractivity contribution in [2.75, 3.05) is 6.54 Å². The molecule has 2 aromatic rings. The molecular formula is C19H23N3O2. The molecule has 0 bridgehead atoms. The van der Waals surface area contributed by atoms with Crippen LogP contribution in [0.4, 0.5) is 0 Å². The minimum Gasteiger partial charge on any atom is -0.339 e. The minimum absolute atomic E-state index is 0.0578. The zero-order valence-electron chi connectivity index (χ0n) is 14.1. The Bertz CT molecular complexity index is 716. The SMILES string of the molecule is Cc1ccc(-c2nc([C@@H]3CC(=O)N(C4CCCCC4)C3)no2)cc1. The molecule has 126 valence electrons. The fourth-order valence-electron chi connectivity index (χ4n) is 3.86. The number of nitrogens with zero attached hydrogens (tertiary/aromatic N) is 3. The van der Waals surface area contributed by atoms with Gasteiger partial charge in [-0.15, -0.1) is 0 Å². The monoisotopic (exact) mass is 325 g/mol. The molecule has 1 aromatic heterocycles. The summed E-state index contributed by atoms with van der Waals surface area (Å²) in [6, 6.07) is 8.45. The summed E-state index contributed by atoms with van der Waals surface area (Å²) in [6.07, 6.45) is 6.55. The topological polar surface area (TPSA) is 59.2 Å². The van der Waals surface area contributed by atoms with Crippen LogP contribution in [0.2, 0.25) is 0 Å². The normalized spacial score (nSPS) is 22.3. The molecule has 4 rings (SSSR count). The number of aromatic nitrogens is 2. The third-order valence-corrected chi connectivity index (χ3v) is 5.28. The van der Waals surface area contributed by atoms with Crippen molar-refractivity contribution >= 4 is 5.91 Å². The Morgan fingerprint density at radius 2 is 1.88 bits per heavy atom. The molecule has 5 nitrogen and oxygen atoms in total. The fraction of sp³-hybridized carbons (Fsp3) is 0.526. The van der Waals surface area contributed by atoms with E-state index in [-0.39, 0.29) is 11.8 Å². The van der Waals surface area contributed by atoms with Gasteiger partial charge in [-0.3, -0.25) is 4.79 Å². The van der Waals surface area contributed by atoms with E-state index < -0.39 is 0 Å². The lowest BCUT2D eigenvalue weighted by Gasteiger charge is -2.31. The smallest absolute Gasteiger partial charge is 0.257 e. The van der Waals surface area contributed by atoms with E-state index in [4.69, 9.17) is 4.52 Å². The van der Waals surface area contributed by atoms with Crippen LogP contribution in [-0.4, -0.2) is 33.5 Å². The van der Waals surface area contributed by atoms with E-state index in [1.54, 1.807) is 0 Å². The minimum atomic E-state index is 0.0578. The van der Waals surface area contributed by atoms with Gasteiger partial charge in [-0.05, 0) is 31.9 Å². The van der Waals surface area contributed by atoms with Crippen molar-refractivity contribution in [3.63, 3.8) is 0 Å². The van der Waals surface area contributed by atoms with Gasteiger partial charge in [0.15, 0.2) is 5.82 Å². The first kappa shape index (κ1) is 15.4. The zero-order valence-corrected chi connectivity index (χ0v) is 14.1. The van der Waals surface area contributed by atoms with Crippen LogP contribution in [-0.2, 0) is 4.79 Å². The molecule has 5 heteroatoms. The van der Waals surface area contributed by atoms with Gasteiger partial charge in [0.05, 0.1) is 0 Å². The van der Waals surface area contributed by atoms with Crippen LogP contribution < -0.4 is 0 Å². The van der Waals surface area contributed by atoms with E-state index in [0.29, 0.717) is 24.2 Å². The lowest BCUT2D eigenvalue weighted by atomic mass is 9.94. The second-order valence-corrected chi connectivity index (χ2v) is 7.06. The van der Waals surface area contributed by atoms with Gasteiger partial charge in [0.2, 0.25) is 5.91 Å². The van der Waals surface area contributed by atoms with Gasteiger partial charge in [-0.1, -0.05) is 42.1 Å². The average Bonchev–Trinajstić information content (AvgIpc) is 3.23.